The van der Waals surface area contributed by atoms with E-state index in [1.807, 2.05) is 12.1 Å². The minimum Gasteiger partial charge on any atom is -0.313 e. The molecule has 5 heteroatoms. The highest BCUT2D eigenvalue weighted by molar-refractivity contribution is 7.89. The fourth-order valence-corrected chi connectivity index (χ4v) is 2.50. The van der Waals surface area contributed by atoms with E-state index in [0.29, 0.717) is 6.04 Å². The second kappa shape index (κ2) is 6.03. The van der Waals surface area contributed by atoms with Crippen LogP contribution < -0.4 is 10.5 Å². The van der Waals surface area contributed by atoms with Crippen LogP contribution >= 0.6 is 0 Å². The Kier molecular flexibility index (Phi) is 5.12. The molecule has 0 saturated heterocycles. The summed E-state index contributed by atoms with van der Waals surface area (Å²) in [6.45, 7) is 9.58. The van der Waals surface area contributed by atoms with Gasteiger partial charge in [-0.3, -0.25) is 0 Å². The van der Waals surface area contributed by atoms with Crippen molar-refractivity contribution in [1.29, 1.82) is 0 Å². The maximum atomic E-state index is 11.2. The zero-order valence-electron chi connectivity index (χ0n) is 12.1. The smallest absolute Gasteiger partial charge is 0.238 e. The van der Waals surface area contributed by atoms with E-state index in [1.165, 1.54) is 0 Å². The summed E-state index contributed by atoms with van der Waals surface area (Å²) >= 11 is 0. The summed E-state index contributed by atoms with van der Waals surface area (Å²) in [5.74, 6) is 0. The molecular weight excluding hydrogens is 260 g/mol. The molecule has 0 bridgehead atoms. The lowest BCUT2D eigenvalue weighted by atomic mass is 9.83. The van der Waals surface area contributed by atoms with Crippen LogP contribution in [0.15, 0.2) is 29.2 Å². The quantitative estimate of drug-likeness (QED) is 0.867. The Bertz CT molecular complexity index is 501. The Morgan fingerprint density at radius 3 is 2.11 bits per heavy atom. The van der Waals surface area contributed by atoms with Crippen LogP contribution in [0.5, 0.6) is 0 Å². The first-order valence-corrected chi connectivity index (χ1v) is 8.04. The summed E-state index contributed by atoms with van der Waals surface area (Å²) < 4.78 is 22.4. The van der Waals surface area contributed by atoms with Gasteiger partial charge in [-0.1, -0.05) is 39.8 Å². The molecule has 0 radical (unpaired) electrons. The minimum absolute atomic E-state index is 0.147. The summed E-state index contributed by atoms with van der Waals surface area (Å²) in [5.41, 5.74) is 1.25. The largest absolute Gasteiger partial charge is 0.313 e. The number of hydrogen-bond donors (Lipinski definition) is 2. The third kappa shape index (κ3) is 4.93. The summed E-state index contributed by atoms with van der Waals surface area (Å²) in [5, 5.41) is 8.56. The van der Waals surface area contributed by atoms with Crippen LogP contribution in [-0.2, 0) is 16.4 Å². The van der Waals surface area contributed by atoms with Crippen LogP contribution in [0, 0.1) is 5.41 Å². The van der Waals surface area contributed by atoms with Gasteiger partial charge < -0.3 is 5.32 Å². The topological polar surface area (TPSA) is 72.2 Å². The van der Waals surface area contributed by atoms with Crippen molar-refractivity contribution in [3.63, 3.8) is 0 Å². The molecule has 1 unspecified atom stereocenters. The number of sulfonamides is 1. The number of likely N-dealkylation sites (N-methyl/N-ethyl adjacent to an activating group) is 1. The molecule has 1 rings (SSSR count). The monoisotopic (exact) mass is 284 g/mol. The fourth-order valence-electron chi connectivity index (χ4n) is 1.98. The highest BCUT2D eigenvalue weighted by atomic mass is 32.2. The van der Waals surface area contributed by atoms with E-state index in [-0.39, 0.29) is 10.3 Å². The molecule has 1 atom stereocenters. The van der Waals surface area contributed by atoms with Gasteiger partial charge in [-0.25, -0.2) is 13.6 Å². The molecule has 0 spiro atoms. The van der Waals surface area contributed by atoms with Gasteiger partial charge in [-0.15, -0.1) is 0 Å². The minimum atomic E-state index is -3.60. The van der Waals surface area contributed by atoms with Crippen molar-refractivity contribution in [1.82, 2.24) is 5.32 Å². The van der Waals surface area contributed by atoms with Gasteiger partial charge in [0.2, 0.25) is 10.0 Å². The lowest BCUT2D eigenvalue weighted by Crippen LogP contribution is -2.41. The van der Waals surface area contributed by atoms with Gasteiger partial charge in [0.1, 0.15) is 0 Å². The molecule has 108 valence electrons. The Hall–Kier alpha value is -0.910. The summed E-state index contributed by atoms with van der Waals surface area (Å²) in [6.07, 6.45) is 0.863. The van der Waals surface area contributed by atoms with E-state index in [4.69, 9.17) is 5.14 Å². The maximum Gasteiger partial charge on any atom is 0.238 e. The highest BCUT2D eigenvalue weighted by Crippen LogP contribution is 2.23. The lowest BCUT2D eigenvalue weighted by molar-refractivity contribution is 0.270. The molecule has 0 aromatic heterocycles. The predicted molar refractivity (Wildman–Crippen MR) is 78.4 cm³/mol. The van der Waals surface area contributed by atoms with Crippen LogP contribution in [0.25, 0.3) is 0 Å². The molecule has 0 amide bonds. The molecule has 19 heavy (non-hydrogen) atoms. The van der Waals surface area contributed by atoms with Crippen molar-refractivity contribution in [2.24, 2.45) is 10.6 Å². The number of rotatable bonds is 5. The molecule has 1 aromatic carbocycles. The van der Waals surface area contributed by atoms with Gasteiger partial charge in [0.05, 0.1) is 4.90 Å². The molecule has 0 saturated carbocycles. The van der Waals surface area contributed by atoms with Crippen molar-refractivity contribution in [2.75, 3.05) is 6.54 Å². The predicted octanol–water partition coefficient (Wildman–Crippen LogP) is 1.90. The van der Waals surface area contributed by atoms with Crippen molar-refractivity contribution in [2.45, 2.75) is 45.1 Å². The molecule has 3 N–H and O–H groups in total. The zero-order valence-corrected chi connectivity index (χ0v) is 12.9. The van der Waals surface area contributed by atoms with Crippen LogP contribution in [0.1, 0.15) is 33.3 Å². The third-order valence-electron chi connectivity index (χ3n) is 3.19. The van der Waals surface area contributed by atoms with Crippen molar-refractivity contribution in [3.8, 4) is 0 Å². The first kappa shape index (κ1) is 16.1. The van der Waals surface area contributed by atoms with Crippen molar-refractivity contribution in [3.05, 3.63) is 29.8 Å². The molecule has 1 aromatic rings. The summed E-state index contributed by atoms with van der Waals surface area (Å²) in [7, 11) is -3.60. The van der Waals surface area contributed by atoms with Gasteiger partial charge in [0.25, 0.3) is 0 Å². The van der Waals surface area contributed by atoms with E-state index >= 15 is 0 Å². The first-order valence-electron chi connectivity index (χ1n) is 6.49. The average Bonchev–Trinajstić information content (AvgIpc) is 2.26. The Morgan fingerprint density at radius 1 is 1.21 bits per heavy atom. The zero-order chi connectivity index (χ0) is 14.7. The fraction of sp³-hybridized carbons (Fsp3) is 0.571. The van der Waals surface area contributed by atoms with Crippen LogP contribution in [0.3, 0.4) is 0 Å². The van der Waals surface area contributed by atoms with Gasteiger partial charge in [0, 0.05) is 6.04 Å². The second-order valence-corrected chi connectivity index (χ2v) is 7.43. The molecular formula is C14H24N2O2S. The van der Waals surface area contributed by atoms with E-state index in [9.17, 15) is 8.42 Å². The van der Waals surface area contributed by atoms with Crippen molar-refractivity contribution < 1.29 is 8.42 Å². The van der Waals surface area contributed by atoms with Crippen LogP contribution in [-0.4, -0.2) is 21.0 Å². The van der Waals surface area contributed by atoms with Gasteiger partial charge in [-0.2, -0.15) is 0 Å². The standard InChI is InChI=1S/C14H24N2O2S/c1-5-16-13(14(2,3)4)10-11-6-8-12(9-7-11)19(15,17)18/h6-9,13,16H,5,10H2,1-4H3,(H2,15,17,18). The molecule has 0 aliphatic carbocycles. The number of hydrogen-bond acceptors (Lipinski definition) is 3. The summed E-state index contributed by atoms with van der Waals surface area (Å²) in [6, 6.07) is 7.14. The van der Waals surface area contributed by atoms with E-state index < -0.39 is 10.0 Å². The maximum absolute atomic E-state index is 11.2. The highest BCUT2D eigenvalue weighted by Gasteiger charge is 2.23. The average molecular weight is 284 g/mol. The van der Waals surface area contributed by atoms with Gasteiger partial charge >= 0.3 is 0 Å². The Labute approximate surface area is 116 Å². The number of nitrogens with two attached hydrogens (primary N) is 1. The molecule has 4 nitrogen and oxygen atoms in total. The van der Waals surface area contributed by atoms with Crippen LogP contribution in [0.4, 0.5) is 0 Å². The van der Waals surface area contributed by atoms with E-state index in [1.54, 1.807) is 12.1 Å². The molecule has 0 fully saturated rings. The Morgan fingerprint density at radius 2 is 1.74 bits per heavy atom. The van der Waals surface area contributed by atoms with E-state index in [2.05, 4.69) is 33.0 Å². The van der Waals surface area contributed by atoms with Crippen LogP contribution in [0.2, 0.25) is 0 Å². The third-order valence-corrected chi connectivity index (χ3v) is 4.12. The summed E-state index contributed by atoms with van der Waals surface area (Å²) in [4.78, 5) is 0.159. The van der Waals surface area contributed by atoms with Gasteiger partial charge in [0.15, 0.2) is 0 Å². The molecule has 0 aliphatic heterocycles. The first-order chi connectivity index (χ1) is 8.64. The second-order valence-electron chi connectivity index (χ2n) is 5.87. The Balaban J connectivity index is 2.87. The van der Waals surface area contributed by atoms with Gasteiger partial charge in [-0.05, 0) is 36.1 Å². The molecule has 0 heterocycles. The number of benzene rings is 1. The number of nitrogens with one attached hydrogen (secondary N) is 1. The normalized spacial score (nSPS) is 14.4. The van der Waals surface area contributed by atoms with E-state index in [0.717, 1.165) is 18.5 Å². The molecule has 0 aliphatic rings. The number of primary sulfonamides is 1. The lowest BCUT2D eigenvalue weighted by Gasteiger charge is -2.31. The SMILES string of the molecule is CCNC(Cc1ccc(S(N)(=O)=O)cc1)C(C)(C)C. The van der Waals surface area contributed by atoms with Crippen molar-refractivity contribution >= 4 is 10.0 Å².